The molecule has 0 aliphatic heterocycles. The van der Waals surface area contributed by atoms with Crippen molar-refractivity contribution < 1.29 is 9.26 Å². The average molecular weight is 275 g/mol. The fraction of sp³-hybridized carbons (Fsp3) is 0.467. The molecule has 5 nitrogen and oxygen atoms in total. The van der Waals surface area contributed by atoms with Crippen molar-refractivity contribution in [1.82, 2.24) is 15.5 Å². The number of ether oxygens (including phenoxy) is 1. The Bertz CT molecular complexity index is 522. The molecule has 0 bridgehead atoms. The highest BCUT2D eigenvalue weighted by Gasteiger charge is 2.08. The van der Waals surface area contributed by atoms with Gasteiger partial charge >= 0.3 is 0 Å². The fourth-order valence-corrected chi connectivity index (χ4v) is 2.08. The Morgan fingerprint density at radius 3 is 2.55 bits per heavy atom. The lowest BCUT2D eigenvalue weighted by atomic mass is 10.0. The maximum Gasteiger partial charge on any atom is 0.264 e. The molecular weight excluding hydrogens is 254 g/mol. The highest BCUT2D eigenvalue weighted by atomic mass is 16.5. The first kappa shape index (κ1) is 14.5. The molecule has 1 heterocycles. The Morgan fingerprint density at radius 1 is 1.25 bits per heavy atom. The number of hydrogen-bond acceptors (Lipinski definition) is 5. The highest BCUT2D eigenvalue weighted by Crippen LogP contribution is 2.20. The quantitative estimate of drug-likeness (QED) is 0.841. The van der Waals surface area contributed by atoms with Gasteiger partial charge in [0.2, 0.25) is 0 Å². The molecule has 2 rings (SSSR count). The standard InChI is InChI=1S/C15H21N3O2/c1-4-14(16-5-2)12-6-8-13(9-7-12)19-10-15-17-11(3)18-20-15/h6-9,14,16H,4-5,10H2,1-3H3. The molecule has 0 radical (unpaired) electrons. The molecule has 2 aromatic rings. The van der Waals surface area contributed by atoms with Crippen LogP contribution in [0.1, 0.15) is 43.6 Å². The molecule has 1 aromatic heterocycles. The van der Waals surface area contributed by atoms with E-state index in [1.54, 1.807) is 6.92 Å². The fourth-order valence-electron chi connectivity index (χ4n) is 2.08. The summed E-state index contributed by atoms with van der Waals surface area (Å²) in [5.74, 6) is 1.91. The number of rotatable bonds is 7. The predicted octanol–water partition coefficient (Wildman–Crippen LogP) is 3.02. The van der Waals surface area contributed by atoms with Crippen LogP contribution in [0.15, 0.2) is 28.8 Å². The van der Waals surface area contributed by atoms with Crippen LogP contribution in [-0.2, 0) is 6.61 Å². The van der Waals surface area contributed by atoms with E-state index < -0.39 is 0 Å². The molecule has 0 spiro atoms. The van der Waals surface area contributed by atoms with E-state index in [0.717, 1.165) is 18.7 Å². The van der Waals surface area contributed by atoms with Crippen molar-refractivity contribution in [3.63, 3.8) is 0 Å². The zero-order valence-corrected chi connectivity index (χ0v) is 12.2. The summed E-state index contributed by atoms with van der Waals surface area (Å²) in [6.07, 6.45) is 1.06. The van der Waals surface area contributed by atoms with Crippen LogP contribution in [0, 0.1) is 6.92 Å². The lowest BCUT2D eigenvalue weighted by molar-refractivity contribution is 0.242. The van der Waals surface area contributed by atoms with Crippen LogP contribution in [0.5, 0.6) is 5.75 Å². The number of hydrogen-bond donors (Lipinski definition) is 1. The SMILES string of the molecule is CCNC(CC)c1ccc(OCc2nc(C)no2)cc1. The number of aryl methyl sites for hydroxylation is 1. The maximum atomic E-state index is 5.62. The Labute approximate surface area is 119 Å². The van der Waals surface area contributed by atoms with Gasteiger partial charge in [-0.15, -0.1) is 0 Å². The number of nitrogens with zero attached hydrogens (tertiary/aromatic N) is 2. The van der Waals surface area contributed by atoms with Gasteiger partial charge in [-0.2, -0.15) is 4.98 Å². The summed E-state index contributed by atoms with van der Waals surface area (Å²) in [5, 5.41) is 7.18. The zero-order valence-electron chi connectivity index (χ0n) is 12.2. The first-order valence-electron chi connectivity index (χ1n) is 6.98. The third-order valence-electron chi connectivity index (χ3n) is 3.07. The summed E-state index contributed by atoms with van der Waals surface area (Å²) in [6, 6.07) is 8.51. The summed E-state index contributed by atoms with van der Waals surface area (Å²) >= 11 is 0. The second kappa shape index (κ2) is 7.05. The third-order valence-corrected chi connectivity index (χ3v) is 3.07. The molecule has 0 saturated carbocycles. The van der Waals surface area contributed by atoms with Crippen LogP contribution in [-0.4, -0.2) is 16.7 Å². The molecule has 1 unspecified atom stereocenters. The highest BCUT2D eigenvalue weighted by molar-refractivity contribution is 5.29. The zero-order chi connectivity index (χ0) is 14.4. The second-order valence-electron chi connectivity index (χ2n) is 4.61. The minimum absolute atomic E-state index is 0.296. The smallest absolute Gasteiger partial charge is 0.264 e. The van der Waals surface area contributed by atoms with Gasteiger partial charge in [0.05, 0.1) is 0 Å². The van der Waals surface area contributed by atoms with E-state index in [1.807, 2.05) is 12.1 Å². The summed E-state index contributed by atoms with van der Waals surface area (Å²) in [4.78, 5) is 4.10. The maximum absolute atomic E-state index is 5.62. The molecular formula is C15H21N3O2. The molecule has 1 N–H and O–H groups in total. The van der Waals surface area contributed by atoms with E-state index in [1.165, 1.54) is 5.56 Å². The topological polar surface area (TPSA) is 60.2 Å². The van der Waals surface area contributed by atoms with Crippen molar-refractivity contribution in [3.8, 4) is 5.75 Å². The van der Waals surface area contributed by atoms with Crippen LogP contribution < -0.4 is 10.1 Å². The van der Waals surface area contributed by atoms with Gasteiger partial charge in [0.25, 0.3) is 5.89 Å². The van der Waals surface area contributed by atoms with Gasteiger partial charge in [-0.3, -0.25) is 0 Å². The van der Waals surface area contributed by atoms with Crippen molar-refractivity contribution in [2.24, 2.45) is 0 Å². The van der Waals surface area contributed by atoms with E-state index in [-0.39, 0.29) is 0 Å². The second-order valence-corrected chi connectivity index (χ2v) is 4.61. The predicted molar refractivity (Wildman–Crippen MR) is 76.5 cm³/mol. The first-order valence-corrected chi connectivity index (χ1v) is 6.98. The lowest BCUT2D eigenvalue weighted by Gasteiger charge is -2.16. The van der Waals surface area contributed by atoms with Crippen LogP contribution in [0.25, 0.3) is 0 Å². The Kier molecular flexibility index (Phi) is 5.12. The molecule has 0 saturated heterocycles. The molecule has 0 amide bonds. The van der Waals surface area contributed by atoms with Crippen LogP contribution >= 0.6 is 0 Å². The first-order chi connectivity index (χ1) is 9.72. The van der Waals surface area contributed by atoms with Gasteiger partial charge in [0.15, 0.2) is 12.4 Å². The summed E-state index contributed by atoms with van der Waals surface area (Å²) in [5.41, 5.74) is 1.27. The molecule has 1 aromatic carbocycles. The Balaban J connectivity index is 1.94. The van der Waals surface area contributed by atoms with E-state index in [2.05, 4.69) is 41.4 Å². The van der Waals surface area contributed by atoms with Gasteiger partial charge in [-0.1, -0.05) is 31.1 Å². The molecule has 0 aliphatic rings. The van der Waals surface area contributed by atoms with E-state index >= 15 is 0 Å². The minimum Gasteiger partial charge on any atom is -0.484 e. The largest absolute Gasteiger partial charge is 0.484 e. The summed E-state index contributed by atoms with van der Waals surface area (Å²) in [6.45, 7) is 7.34. The molecule has 20 heavy (non-hydrogen) atoms. The average Bonchev–Trinajstić information content (AvgIpc) is 2.89. The van der Waals surface area contributed by atoms with E-state index in [9.17, 15) is 0 Å². The van der Waals surface area contributed by atoms with Gasteiger partial charge in [-0.05, 0) is 37.6 Å². The van der Waals surface area contributed by atoms with Crippen molar-refractivity contribution in [2.45, 2.75) is 39.8 Å². The van der Waals surface area contributed by atoms with Crippen LogP contribution in [0.2, 0.25) is 0 Å². The lowest BCUT2D eigenvalue weighted by Crippen LogP contribution is -2.19. The van der Waals surface area contributed by atoms with E-state index in [4.69, 9.17) is 9.26 Å². The van der Waals surface area contributed by atoms with Crippen molar-refractivity contribution in [2.75, 3.05) is 6.54 Å². The summed E-state index contributed by atoms with van der Waals surface area (Å²) < 4.78 is 10.6. The summed E-state index contributed by atoms with van der Waals surface area (Å²) in [7, 11) is 0. The third kappa shape index (κ3) is 3.81. The number of benzene rings is 1. The Morgan fingerprint density at radius 2 is 2.00 bits per heavy atom. The number of nitrogens with one attached hydrogen (secondary N) is 1. The van der Waals surface area contributed by atoms with Gasteiger partial charge < -0.3 is 14.6 Å². The van der Waals surface area contributed by atoms with Gasteiger partial charge in [0, 0.05) is 6.04 Å². The molecule has 1 atom stereocenters. The Hall–Kier alpha value is -1.88. The van der Waals surface area contributed by atoms with Crippen LogP contribution in [0.3, 0.4) is 0 Å². The monoisotopic (exact) mass is 275 g/mol. The minimum atomic E-state index is 0.296. The molecule has 0 aliphatic carbocycles. The van der Waals surface area contributed by atoms with Crippen molar-refractivity contribution in [3.05, 3.63) is 41.5 Å². The van der Waals surface area contributed by atoms with Gasteiger partial charge in [-0.25, -0.2) is 0 Å². The number of aromatic nitrogens is 2. The molecule has 5 heteroatoms. The normalized spacial score (nSPS) is 12.3. The van der Waals surface area contributed by atoms with Crippen molar-refractivity contribution >= 4 is 0 Å². The van der Waals surface area contributed by atoms with E-state index in [0.29, 0.717) is 24.4 Å². The van der Waals surface area contributed by atoms with Gasteiger partial charge in [0.1, 0.15) is 5.75 Å². The van der Waals surface area contributed by atoms with Crippen LogP contribution in [0.4, 0.5) is 0 Å². The van der Waals surface area contributed by atoms with Crippen molar-refractivity contribution in [1.29, 1.82) is 0 Å². The molecule has 0 fully saturated rings. The molecule has 108 valence electrons.